The molecule has 0 saturated carbocycles. The van der Waals surface area contributed by atoms with Crippen molar-refractivity contribution in [3.63, 3.8) is 0 Å². The molecular formula is C21H19FN2O4S. The molecule has 2 N–H and O–H groups in total. The molecule has 0 bridgehead atoms. The molecule has 0 atom stereocenters. The van der Waals surface area contributed by atoms with Gasteiger partial charge in [0.2, 0.25) is 0 Å². The van der Waals surface area contributed by atoms with Crippen molar-refractivity contribution in [3.8, 4) is 5.75 Å². The third-order valence-corrected chi connectivity index (χ3v) is 5.73. The third kappa shape index (κ3) is 4.72. The lowest BCUT2D eigenvalue weighted by Gasteiger charge is -2.13. The Morgan fingerprint density at radius 3 is 2.34 bits per heavy atom. The molecule has 0 spiro atoms. The number of nitrogens with one attached hydrogen (secondary N) is 2. The smallest absolute Gasteiger partial charge is 0.262 e. The average Bonchev–Trinajstić information content (AvgIpc) is 2.70. The first-order valence-electron chi connectivity index (χ1n) is 8.63. The number of para-hydroxylation sites is 1. The van der Waals surface area contributed by atoms with Crippen LogP contribution in [0, 0.1) is 12.7 Å². The highest BCUT2D eigenvalue weighted by atomic mass is 32.2. The summed E-state index contributed by atoms with van der Waals surface area (Å²) in [6.45, 7) is 1.63. The van der Waals surface area contributed by atoms with Crippen LogP contribution in [0.15, 0.2) is 71.6 Å². The second-order valence-electron chi connectivity index (χ2n) is 6.25. The molecule has 150 valence electrons. The maximum absolute atomic E-state index is 13.8. The molecule has 1 amide bonds. The van der Waals surface area contributed by atoms with E-state index in [-0.39, 0.29) is 16.1 Å². The molecule has 0 unspecified atom stereocenters. The molecular weight excluding hydrogens is 395 g/mol. The topological polar surface area (TPSA) is 84.5 Å². The van der Waals surface area contributed by atoms with Gasteiger partial charge in [-0.15, -0.1) is 0 Å². The van der Waals surface area contributed by atoms with Crippen molar-refractivity contribution in [2.75, 3.05) is 17.1 Å². The van der Waals surface area contributed by atoms with Crippen LogP contribution in [0.3, 0.4) is 0 Å². The summed E-state index contributed by atoms with van der Waals surface area (Å²) in [5.74, 6) is -0.603. The Morgan fingerprint density at radius 2 is 1.69 bits per heavy atom. The molecule has 3 rings (SSSR count). The summed E-state index contributed by atoms with van der Waals surface area (Å²) >= 11 is 0. The van der Waals surface area contributed by atoms with Gasteiger partial charge in [0.1, 0.15) is 11.6 Å². The molecule has 0 radical (unpaired) electrons. The van der Waals surface area contributed by atoms with Gasteiger partial charge in [0.05, 0.1) is 17.7 Å². The molecule has 0 heterocycles. The molecule has 8 heteroatoms. The van der Waals surface area contributed by atoms with Gasteiger partial charge in [-0.05, 0) is 61.0 Å². The monoisotopic (exact) mass is 414 g/mol. The van der Waals surface area contributed by atoms with Gasteiger partial charge < -0.3 is 10.1 Å². The lowest BCUT2D eigenvalue weighted by Crippen LogP contribution is -2.17. The van der Waals surface area contributed by atoms with Crippen molar-refractivity contribution in [3.05, 3.63) is 83.7 Å². The van der Waals surface area contributed by atoms with E-state index in [1.165, 1.54) is 43.5 Å². The Labute approximate surface area is 168 Å². The summed E-state index contributed by atoms with van der Waals surface area (Å²) in [4.78, 5) is 12.4. The minimum atomic E-state index is -3.95. The summed E-state index contributed by atoms with van der Waals surface area (Å²) in [5, 5.41) is 2.44. The van der Waals surface area contributed by atoms with Crippen molar-refractivity contribution in [2.24, 2.45) is 0 Å². The number of halogens is 1. The normalized spacial score (nSPS) is 11.0. The SMILES string of the molecule is COc1ccc(NS(=O)(=O)c2cc(C(=O)Nc3ccccc3F)ccc2C)cc1. The zero-order valence-electron chi connectivity index (χ0n) is 15.8. The van der Waals surface area contributed by atoms with Crippen molar-refractivity contribution in [2.45, 2.75) is 11.8 Å². The fourth-order valence-corrected chi connectivity index (χ4v) is 3.99. The lowest BCUT2D eigenvalue weighted by atomic mass is 10.1. The maximum Gasteiger partial charge on any atom is 0.262 e. The Morgan fingerprint density at radius 1 is 1.00 bits per heavy atom. The Hall–Kier alpha value is -3.39. The van der Waals surface area contributed by atoms with Gasteiger partial charge in [0.25, 0.3) is 15.9 Å². The molecule has 3 aromatic carbocycles. The second kappa shape index (κ2) is 8.32. The van der Waals surface area contributed by atoms with E-state index in [9.17, 15) is 17.6 Å². The van der Waals surface area contributed by atoms with E-state index in [1.54, 1.807) is 37.3 Å². The molecule has 0 aliphatic carbocycles. The zero-order chi connectivity index (χ0) is 21.0. The molecule has 3 aromatic rings. The van der Waals surface area contributed by atoms with Crippen molar-refractivity contribution in [1.29, 1.82) is 0 Å². The molecule has 0 aliphatic rings. The first-order valence-corrected chi connectivity index (χ1v) is 10.1. The predicted octanol–water partition coefficient (Wildman–Crippen LogP) is 4.20. The number of hydrogen-bond donors (Lipinski definition) is 2. The van der Waals surface area contributed by atoms with Gasteiger partial charge in [0.15, 0.2) is 0 Å². The van der Waals surface area contributed by atoms with Crippen LogP contribution in [0.4, 0.5) is 15.8 Å². The van der Waals surface area contributed by atoms with Crippen LogP contribution in [-0.4, -0.2) is 21.4 Å². The number of benzene rings is 3. The summed E-state index contributed by atoms with van der Waals surface area (Å²) < 4.78 is 47.0. The van der Waals surface area contributed by atoms with E-state index in [2.05, 4.69) is 10.0 Å². The van der Waals surface area contributed by atoms with E-state index in [0.29, 0.717) is 17.0 Å². The van der Waals surface area contributed by atoms with Gasteiger partial charge in [-0.25, -0.2) is 12.8 Å². The largest absolute Gasteiger partial charge is 0.497 e. The number of amides is 1. The Bertz CT molecular complexity index is 1150. The number of methoxy groups -OCH3 is 1. The van der Waals surface area contributed by atoms with Crippen LogP contribution in [0.25, 0.3) is 0 Å². The van der Waals surface area contributed by atoms with E-state index < -0.39 is 21.7 Å². The highest BCUT2D eigenvalue weighted by Crippen LogP contribution is 2.23. The number of carbonyl (C=O) groups is 1. The van der Waals surface area contributed by atoms with Crippen LogP contribution in [0.1, 0.15) is 15.9 Å². The van der Waals surface area contributed by atoms with Gasteiger partial charge in [0, 0.05) is 11.3 Å². The van der Waals surface area contributed by atoms with Gasteiger partial charge in [-0.3, -0.25) is 9.52 Å². The summed E-state index contributed by atoms with van der Waals surface area (Å²) in [6, 6.07) is 16.4. The summed E-state index contributed by atoms with van der Waals surface area (Å²) in [7, 11) is -2.43. The van der Waals surface area contributed by atoms with Crippen LogP contribution in [0.5, 0.6) is 5.75 Å². The second-order valence-corrected chi connectivity index (χ2v) is 7.90. The molecule has 0 fully saturated rings. The minimum Gasteiger partial charge on any atom is -0.497 e. The van der Waals surface area contributed by atoms with Crippen molar-refractivity contribution < 1.29 is 22.3 Å². The molecule has 0 saturated heterocycles. The zero-order valence-corrected chi connectivity index (χ0v) is 16.6. The van der Waals surface area contributed by atoms with E-state index >= 15 is 0 Å². The molecule has 0 aromatic heterocycles. The number of sulfonamides is 1. The first-order chi connectivity index (χ1) is 13.8. The summed E-state index contributed by atoms with van der Waals surface area (Å²) in [5.41, 5.74) is 0.924. The van der Waals surface area contributed by atoms with Crippen molar-refractivity contribution in [1.82, 2.24) is 0 Å². The highest BCUT2D eigenvalue weighted by molar-refractivity contribution is 7.92. The van der Waals surface area contributed by atoms with Crippen LogP contribution >= 0.6 is 0 Å². The quantitative estimate of drug-likeness (QED) is 0.633. The number of anilines is 2. The fourth-order valence-electron chi connectivity index (χ4n) is 2.66. The van der Waals surface area contributed by atoms with E-state index in [4.69, 9.17) is 4.74 Å². The number of rotatable bonds is 6. The van der Waals surface area contributed by atoms with E-state index in [0.717, 1.165) is 0 Å². The Kier molecular flexibility index (Phi) is 5.84. The maximum atomic E-state index is 13.8. The number of aryl methyl sites for hydroxylation is 1. The molecule has 6 nitrogen and oxygen atoms in total. The first kappa shape index (κ1) is 20.3. The van der Waals surface area contributed by atoms with E-state index in [1.807, 2.05) is 0 Å². The third-order valence-electron chi connectivity index (χ3n) is 4.20. The van der Waals surface area contributed by atoms with Crippen molar-refractivity contribution >= 4 is 27.3 Å². The number of hydrogen-bond acceptors (Lipinski definition) is 4. The van der Waals surface area contributed by atoms with Crippen LogP contribution < -0.4 is 14.8 Å². The summed E-state index contributed by atoms with van der Waals surface area (Å²) in [6.07, 6.45) is 0. The van der Waals surface area contributed by atoms with Gasteiger partial charge in [-0.2, -0.15) is 0 Å². The minimum absolute atomic E-state index is 0.0128. The molecule has 29 heavy (non-hydrogen) atoms. The fraction of sp³-hybridized carbons (Fsp3) is 0.0952. The standard InChI is InChI=1S/C21H19FN2O4S/c1-14-7-8-15(21(25)23-19-6-4-3-5-18(19)22)13-20(14)29(26,27)24-16-9-11-17(28-2)12-10-16/h3-13,24H,1-2H3,(H,23,25). The van der Waals surface area contributed by atoms with Crippen LogP contribution in [-0.2, 0) is 10.0 Å². The number of ether oxygens (including phenoxy) is 1. The van der Waals surface area contributed by atoms with Gasteiger partial charge in [-0.1, -0.05) is 18.2 Å². The van der Waals surface area contributed by atoms with Gasteiger partial charge >= 0.3 is 0 Å². The Balaban J connectivity index is 1.87. The van der Waals surface area contributed by atoms with Crippen LogP contribution in [0.2, 0.25) is 0 Å². The highest BCUT2D eigenvalue weighted by Gasteiger charge is 2.20. The average molecular weight is 414 g/mol. The lowest BCUT2D eigenvalue weighted by molar-refractivity contribution is 0.102. The predicted molar refractivity (Wildman–Crippen MR) is 109 cm³/mol. The number of carbonyl (C=O) groups excluding carboxylic acids is 1. The molecule has 0 aliphatic heterocycles.